The Labute approximate surface area is 134 Å². The fraction of sp³-hybridized carbons (Fsp3) is 0.167. The first-order valence-corrected chi connectivity index (χ1v) is 7.47. The number of aryl methyl sites for hydroxylation is 2. The first-order valence-electron chi connectivity index (χ1n) is 7.10. The molecule has 3 nitrogen and oxygen atoms in total. The van der Waals surface area contributed by atoms with Crippen LogP contribution in [0.15, 0.2) is 42.5 Å². The van der Waals surface area contributed by atoms with Crippen molar-refractivity contribution >= 4 is 34.1 Å². The molecule has 4 heteroatoms. The zero-order valence-corrected chi connectivity index (χ0v) is 13.5. The van der Waals surface area contributed by atoms with Gasteiger partial charge < -0.3 is 9.88 Å². The van der Waals surface area contributed by atoms with E-state index in [1.54, 1.807) is 0 Å². The number of halogens is 1. The monoisotopic (exact) mass is 312 g/mol. The first kappa shape index (κ1) is 14.7. The molecule has 0 bridgehead atoms. The number of carbonyl (C=O) groups excluding carboxylic acids is 1. The summed E-state index contributed by atoms with van der Waals surface area (Å²) in [5.74, 6) is -0.122. The van der Waals surface area contributed by atoms with E-state index < -0.39 is 0 Å². The maximum absolute atomic E-state index is 12.6. The van der Waals surface area contributed by atoms with Crippen LogP contribution in [0.25, 0.3) is 10.9 Å². The van der Waals surface area contributed by atoms with Gasteiger partial charge in [0.25, 0.3) is 5.91 Å². The highest BCUT2D eigenvalue weighted by atomic mass is 35.5. The van der Waals surface area contributed by atoms with E-state index in [1.807, 2.05) is 67.9 Å². The number of hydrogen-bond acceptors (Lipinski definition) is 1. The van der Waals surface area contributed by atoms with Gasteiger partial charge in [0.15, 0.2) is 0 Å². The summed E-state index contributed by atoms with van der Waals surface area (Å²) in [5.41, 5.74) is 4.63. The molecular weight excluding hydrogens is 296 g/mol. The molecule has 0 spiro atoms. The predicted molar refractivity (Wildman–Crippen MR) is 91.8 cm³/mol. The summed E-state index contributed by atoms with van der Waals surface area (Å²) >= 11 is 6.03. The molecule has 1 aromatic heterocycles. The van der Waals surface area contributed by atoms with Crippen LogP contribution in [-0.2, 0) is 7.05 Å². The average molecular weight is 313 g/mol. The minimum absolute atomic E-state index is 0.122. The smallest absolute Gasteiger partial charge is 0.272 e. The van der Waals surface area contributed by atoms with Gasteiger partial charge >= 0.3 is 0 Å². The summed E-state index contributed by atoms with van der Waals surface area (Å²) in [5, 5.41) is 4.65. The molecule has 0 aliphatic heterocycles. The second-order valence-corrected chi connectivity index (χ2v) is 5.93. The van der Waals surface area contributed by atoms with Crippen molar-refractivity contribution in [1.29, 1.82) is 0 Å². The third-order valence-corrected chi connectivity index (χ3v) is 4.33. The zero-order valence-electron chi connectivity index (χ0n) is 12.8. The number of nitrogens with zero attached hydrogens (tertiary/aromatic N) is 1. The number of carbonyl (C=O) groups is 1. The van der Waals surface area contributed by atoms with Crippen molar-refractivity contribution < 1.29 is 4.79 Å². The minimum atomic E-state index is -0.122. The zero-order chi connectivity index (χ0) is 15.9. The second-order valence-electron chi connectivity index (χ2n) is 5.49. The Morgan fingerprint density at radius 3 is 2.68 bits per heavy atom. The van der Waals surface area contributed by atoms with E-state index in [2.05, 4.69) is 5.32 Å². The van der Waals surface area contributed by atoms with E-state index in [4.69, 9.17) is 11.6 Å². The van der Waals surface area contributed by atoms with Crippen LogP contribution < -0.4 is 5.32 Å². The third kappa shape index (κ3) is 2.48. The van der Waals surface area contributed by atoms with Crippen molar-refractivity contribution in [2.75, 3.05) is 5.32 Å². The molecule has 0 fully saturated rings. The molecule has 1 N–H and O–H groups in total. The number of aromatic nitrogens is 1. The lowest BCUT2D eigenvalue weighted by molar-refractivity contribution is 0.101. The Morgan fingerprint density at radius 1 is 1.14 bits per heavy atom. The largest absolute Gasteiger partial charge is 0.340 e. The van der Waals surface area contributed by atoms with Crippen LogP contribution in [-0.4, -0.2) is 10.5 Å². The van der Waals surface area contributed by atoms with Gasteiger partial charge in [-0.3, -0.25) is 4.79 Å². The number of rotatable bonds is 2. The molecule has 2 aromatic carbocycles. The molecule has 1 amide bonds. The molecule has 112 valence electrons. The van der Waals surface area contributed by atoms with Crippen LogP contribution >= 0.6 is 11.6 Å². The van der Waals surface area contributed by atoms with Crippen LogP contribution in [0.4, 0.5) is 5.69 Å². The maximum atomic E-state index is 12.6. The van der Waals surface area contributed by atoms with E-state index in [0.29, 0.717) is 10.7 Å². The lowest BCUT2D eigenvalue weighted by Crippen LogP contribution is -2.16. The molecule has 0 saturated heterocycles. The number of benzene rings is 2. The number of fused-ring (bicyclic) bond motifs is 1. The topological polar surface area (TPSA) is 34.0 Å². The van der Waals surface area contributed by atoms with Gasteiger partial charge in [-0.25, -0.2) is 0 Å². The van der Waals surface area contributed by atoms with Crippen molar-refractivity contribution in [3.05, 3.63) is 64.3 Å². The van der Waals surface area contributed by atoms with Gasteiger partial charge in [0.05, 0.1) is 0 Å². The Balaban J connectivity index is 1.99. The van der Waals surface area contributed by atoms with E-state index in [1.165, 1.54) is 0 Å². The van der Waals surface area contributed by atoms with E-state index in [-0.39, 0.29) is 5.91 Å². The number of anilines is 1. The summed E-state index contributed by atoms with van der Waals surface area (Å²) in [6, 6.07) is 13.4. The van der Waals surface area contributed by atoms with Gasteiger partial charge in [0.2, 0.25) is 0 Å². The van der Waals surface area contributed by atoms with Crippen molar-refractivity contribution in [3.63, 3.8) is 0 Å². The lowest BCUT2D eigenvalue weighted by atomic mass is 10.1. The second kappa shape index (κ2) is 5.50. The molecular formula is C18H17ClN2O. The molecule has 3 rings (SSSR count). The van der Waals surface area contributed by atoms with Crippen molar-refractivity contribution in [3.8, 4) is 0 Å². The molecule has 0 radical (unpaired) electrons. The van der Waals surface area contributed by atoms with Gasteiger partial charge in [0, 0.05) is 28.7 Å². The predicted octanol–water partition coefficient (Wildman–Crippen LogP) is 4.70. The quantitative estimate of drug-likeness (QED) is 0.731. The summed E-state index contributed by atoms with van der Waals surface area (Å²) in [4.78, 5) is 12.6. The normalized spacial score (nSPS) is 10.9. The summed E-state index contributed by atoms with van der Waals surface area (Å²) in [6.45, 7) is 4.04. The number of amides is 1. The lowest BCUT2D eigenvalue weighted by Gasteiger charge is -2.11. The molecule has 0 aliphatic rings. The Hall–Kier alpha value is -2.26. The highest BCUT2D eigenvalue weighted by molar-refractivity contribution is 6.31. The van der Waals surface area contributed by atoms with Crippen LogP contribution in [0, 0.1) is 13.8 Å². The first-order chi connectivity index (χ1) is 10.5. The number of nitrogens with one attached hydrogen (secondary N) is 1. The third-order valence-electron chi connectivity index (χ3n) is 4.09. The van der Waals surface area contributed by atoms with Gasteiger partial charge in [-0.2, -0.15) is 0 Å². The maximum Gasteiger partial charge on any atom is 0.272 e. The van der Waals surface area contributed by atoms with Gasteiger partial charge in [-0.15, -0.1) is 0 Å². The van der Waals surface area contributed by atoms with Crippen LogP contribution in [0.3, 0.4) is 0 Å². The average Bonchev–Trinajstić information content (AvgIpc) is 2.81. The van der Waals surface area contributed by atoms with Gasteiger partial charge in [-0.05, 0) is 49.2 Å². The Morgan fingerprint density at radius 2 is 1.91 bits per heavy atom. The molecule has 1 heterocycles. The number of hydrogen-bond donors (Lipinski definition) is 1. The van der Waals surface area contributed by atoms with E-state index in [9.17, 15) is 4.79 Å². The van der Waals surface area contributed by atoms with Crippen LogP contribution in [0.2, 0.25) is 5.02 Å². The molecule has 0 atom stereocenters. The van der Waals surface area contributed by atoms with E-state index >= 15 is 0 Å². The molecule has 22 heavy (non-hydrogen) atoms. The summed E-state index contributed by atoms with van der Waals surface area (Å²) in [7, 11) is 1.87. The minimum Gasteiger partial charge on any atom is -0.340 e. The summed E-state index contributed by atoms with van der Waals surface area (Å²) < 4.78 is 1.86. The van der Waals surface area contributed by atoms with Crippen LogP contribution in [0.5, 0.6) is 0 Å². The SMILES string of the molecule is Cc1cccc(NC(=O)c2cc3ccc(Cl)cc3n2C)c1C. The standard InChI is InChI=1S/C18H17ClN2O/c1-11-5-4-6-15(12(11)2)20-18(22)17-9-13-7-8-14(19)10-16(13)21(17)3/h4-10H,1-3H3,(H,20,22). The Kier molecular flexibility index (Phi) is 3.67. The van der Waals surface area contributed by atoms with Gasteiger partial charge in [-0.1, -0.05) is 29.8 Å². The van der Waals surface area contributed by atoms with Gasteiger partial charge in [0.1, 0.15) is 5.69 Å². The highest BCUT2D eigenvalue weighted by Crippen LogP contribution is 2.24. The fourth-order valence-corrected chi connectivity index (χ4v) is 2.76. The van der Waals surface area contributed by atoms with Crippen LogP contribution in [0.1, 0.15) is 21.6 Å². The highest BCUT2D eigenvalue weighted by Gasteiger charge is 2.14. The molecule has 0 saturated carbocycles. The van der Waals surface area contributed by atoms with Crippen molar-refractivity contribution in [2.45, 2.75) is 13.8 Å². The summed E-state index contributed by atoms with van der Waals surface area (Å²) in [6.07, 6.45) is 0. The van der Waals surface area contributed by atoms with Crippen molar-refractivity contribution in [2.24, 2.45) is 7.05 Å². The fourth-order valence-electron chi connectivity index (χ4n) is 2.59. The molecule has 0 aliphatic carbocycles. The Bertz CT molecular complexity index is 880. The molecule has 3 aromatic rings. The molecule has 0 unspecified atom stereocenters. The van der Waals surface area contributed by atoms with Crippen molar-refractivity contribution in [1.82, 2.24) is 4.57 Å². The van der Waals surface area contributed by atoms with E-state index in [0.717, 1.165) is 27.7 Å².